The molecule has 1 saturated heterocycles. The maximum atomic E-state index is 13.1. The third kappa shape index (κ3) is 2.99. The van der Waals surface area contributed by atoms with Crippen LogP contribution in [0, 0.1) is 0 Å². The number of carbonyl (C=O) groups excluding carboxylic acids is 1. The van der Waals surface area contributed by atoms with Crippen molar-refractivity contribution in [2.75, 3.05) is 31.1 Å². The Morgan fingerprint density at radius 1 is 1.00 bits per heavy atom. The topological polar surface area (TPSA) is 89.2 Å². The fourth-order valence-corrected chi connectivity index (χ4v) is 4.07. The fraction of sp³-hybridized carbons (Fsp3) is 0.286. The summed E-state index contributed by atoms with van der Waals surface area (Å²) >= 11 is 0. The second-order valence-corrected chi connectivity index (χ2v) is 7.36. The molecule has 0 N–H and O–H groups in total. The van der Waals surface area contributed by atoms with Gasteiger partial charge in [-0.05, 0) is 12.1 Å². The van der Waals surface area contributed by atoms with Crippen LogP contribution >= 0.6 is 0 Å². The Hall–Kier alpha value is -3.75. The van der Waals surface area contributed by atoms with Crippen LogP contribution in [-0.2, 0) is 18.4 Å². The van der Waals surface area contributed by atoms with E-state index in [0.29, 0.717) is 37.6 Å². The lowest BCUT2D eigenvalue weighted by Crippen LogP contribution is -2.50. The van der Waals surface area contributed by atoms with Crippen molar-refractivity contribution in [2.45, 2.75) is 6.54 Å². The summed E-state index contributed by atoms with van der Waals surface area (Å²) in [4.78, 5) is 38.2. The van der Waals surface area contributed by atoms with Crippen molar-refractivity contribution < 1.29 is 4.79 Å². The predicted molar refractivity (Wildman–Crippen MR) is 113 cm³/mol. The zero-order chi connectivity index (χ0) is 20.7. The molecular weight excluding hydrogens is 382 g/mol. The van der Waals surface area contributed by atoms with Gasteiger partial charge in [-0.3, -0.25) is 9.59 Å². The molecule has 9 nitrogen and oxygen atoms in total. The van der Waals surface area contributed by atoms with Crippen molar-refractivity contribution in [3.05, 3.63) is 59.3 Å². The Morgan fingerprint density at radius 2 is 1.73 bits per heavy atom. The molecule has 1 fully saturated rings. The highest BCUT2D eigenvalue weighted by Crippen LogP contribution is 2.24. The summed E-state index contributed by atoms with van der Waals surface area (Å²) in [7, 11) is 1.86. The zero-order valence-electron chi connectivity index (χ0n) is 16.6. The third-order valence-corrected chi connectivity index (χ3v) is 5.66. The molecule has 0 bridgehead atoms. The number of aryl methyl sites for hydroxylation is 1. The minimum atomic E-state index is -0.254. The van der Waals surface area contributed by atoms with E-state index in [1.165, 1.54) is 4.68 Å². The van der Waals surface area contributed by atoms with Gasteiger partial charge in [0.2, 0.25) is 11.9 Å². The van der Waals surface area contributed by atoms with Crippen LogP contribution in [0.2, 0.25) is 0 Å². The lowest BCUT2D eigenvalue weighted by Gasteiger charge is -2.34. The van der Waals surface area contributed by atoms with E-state index >= 15 is 0 Å². The maximum Gasteiger partial charge on any atom is 0.291 e. The first-order chi connectivity index (χ1) is 14.6. The number of benzene rings is 1. The lowest BCUT2D eigenvalue weighted by molar-refractivity contribution is -0.132. The molecule has 0 spiro atoms. The molecule has 4 heterocycles. The number of aromatic nitrogens is 5. The normalized spacial score (nSPS) is 14.6. The summed E-state index contributed by atoms with van der Waals surface area (Å²) in [6.45, 7) is 2.35. The molecule has 30 heavy (non-hydrogen) atoms. The Bertz CT molecular complexity index is 1290. The average Bonchev–Trinajstić information content (AvgIpc) is 3.09. The SMILES string of the molecule is Cn1c2ccccc2c2cnn(CC(=O)N3CCN(c4ncccn4)CC3)c(=O)c21. The van der Waals surface area contributed by atoms with Crippen LogP contribution in [0.4, 0.5) is 5.95 Å². The Morgan fingerprint density at radius 3 is 2.50 bits per heavy atom. The van der Waals surface area contributed by atoms with Gasteiger partial charge in [-0.1, -0.05) is 18.2 Å². The number of hydrogen-bond acceptors (Lipinski definition) is 6. The van der Waals surface area contributed by atoms with Crippen LogP contribution in [0.3, 0.4) is 0 Å². The van der Waals surface area contributed by atoms with E-state index in [0.717, 1.165) is 16.3 Å². The molecule has 152 valence electrons. The van der Waals surface area contributed by atoms with Gasteiger partial charge < -0.3 is 14.4 Å². The lowest BCUT2D eigenvalue weighted by atomic mass is 10.2. The molecule has 3 aromatic heterocycles. The van der Waals surface area contributed by atoms with Crippen LogP contribution in [0.5, 0.6) is 0 Å². The Labute approximate surface area is 172 Å². The molecule has 0 aliphatic carbocycles. The van der Waals surface area contributed by atoms with Gasteiger partial charge in [0.05, 0.1) is 6.20 Å². The van der Waals surface area contributed by atoms with Crippen LogP contribution in [0.1, 0.15) is 0 Å². The number of amides is 1. The molecule has 0 unspecified atom stereocenters. The number of carbonyl (C=O) groups is 1. The number of anilines is 1. The molecule has 0 saturated carbocycles. The van der Waals surface area contributed by atoms with Gasteiger partial charge in [0.15, 0.2) is 0 Å². The molecule has 1 aliphatic rings. The first kappa shape index (κ1) is 18.3. The second-order valence-electron chi connectivity index (χ2n) is 7.36. The fourth-order valence-electron chi connectivity index (χ4n) is 4.07. The predicted octanol–water partition coefficient (Wildman–Crippen LogP) is 1.03. The number of hydrogen-bond donors (Lipinski definition) is 0. The van der Waals surface area contributed by atoms with Gasteiger partial charge in [0.25, 0.3) is 5.56 Å². The maximum absolute atomic E-state index is 13.1. The van der Waals surface area contributed by atoms with Crippen LogP contribution in [0.25, 0.3) is 21.8 Å². The van der Waals surface area contributed by atoms with Crippen molar-refractivity contribution in [2.24, 2.45) is 7.05 Å². The first-order valence-electron chi connectivity index (χ1n) is 9.86. The van der Waals surface area contributed by atoms with Crippen molar-refractivity contribution in [3.8, 4) is 0 Å². The van der Waals surface area contributed by atoms with Gasteiger partial charge in [0, 0.05) is 61.9 Å². The van der Waals surface area contributed by atoms with Gasteiger partial charge in [-0.15, -0.1) is 0 Å². The van der Waals surface area contributed by atoms with Crippen LogP contribution < -0.4 is 10.5 Å². The number of nitrogens with zero attached hydrogens (tertiary/aromatic N) is 7. The van der Waals surface area contributed by atoms with E-state index in [1.54, 1.807) is 29.6 Å². The number of fused-ring (bicyclic) bond motifs is 3. The Balaban J connectivity index is 1.35. The molecule has 1 aromatic carbocycles. The van der Waals surface area contributed by atoms with Crippen molar-refractivity contribution in [3.63, 3.8) is 0 Å². The Kier molecular flexibility index (Phi) is 4.42. The number of piperazine rings is 1. The summed E-state index contributed by atoms with van der Waals surface area (Å²) < 4.78 is 3.13. The monoisotopic (exact) mass is 403 g/mol. The minimum Gasteiger partial charge on any atom is -0.339 e. The molecule has 4 aromatic rings. The highest BCUT2D eigenvalue weighted by molar-refractivity contribution is 6.07. The van der Waals surface area contributed by atoms with Gasteiger partial charge in [-0.2, -0.15) is 5.10 Å². The molecule has 1 aliphatic heterocycles. The quantitative estimate of drug-likeness (QED) is 0.508. The molecule has 1 amide bonds. The summed E-state index contributed by atoms with van der Waals surface area (Å²) in [5, 5.41) is 6.07. The van der Waals surface area contributed by atoms with E-state index in [2.05, 4.69) is 20.0 Å². The molecular formula is C21H21N7O2. The number of rotatable bonds is 3. The van der Waals surface area contributed by atoms with Crippen molar-refractivity contribution >= 4 is 33.7 Å². The number of para-hydroxylation sites is 1. The van der Waals surface area contributed by atoms with E-state index < -0.39 is 0 Å². The van der Waals surface area contributed by atoms with E-state index in [-0.39, 0.29) is 18.0 Å². The first-order valence-corrected chi connectivity index (χ1v) is 9.86. The van der Waals surface area contributed by atoms with E-state index in [4.69, 9.17) is 0 Å². The summed E-state index contributed by atoms with van der Waals surface area (Å²) in [6, 6.07) is 9.61. The molecule has 5 rings (SSSR count). The van der Waals surface area contributed by atoms with E-state index in [9.17, 15) is 9.59 Å². The van der Waals surface area contributed by atoms with Gasteiger partial charge in [-0.25, -0.2) is 14.6 Å². The summed E-state index contributed by atoms with van der Waals surface area (Å²) in [5.74, 6) is 0.556. The average molecular weight is 403 g/mol. The smallest absolute Gasteiger partial charge is 0.291 e. The van der Waals surface area contributed by atoms with Crippen molar-refractivity contribution in [1.29, 1.82) is 0 Å². The van der Waals surface area contributed by atoms with Gasteiger partial charge in [0.1, 0.15) is 12.1 Å². The van der Waals surface area contributed by atoms with Crippen molar-refractivity contribution in [1.82, 2.24) is 29.2 Å². The zero-order valence-corrected chi connectivity index (χ0v) is 16.6. The highest BCUT2D eigenvalue weighted by Gasteiger charge is 2.23. The molecule has 9 heteroatoms. The van der Waals surface area contributed by atoms with Crippen LogP contribution in [-0.4, -0.2) is 61.3 Å². The summed E-state index contributed by atoms with van der Waals surface area (Å²) in [6.07, 6.45) is 5.10. The largest absolute Gasteiger partial charge is 0.339 e. The van der Waals surface area contributed by atoms with Gasteiger partial charge >= 0.3 is 0 Å². The molecule has 0 radical (unpaired) electrons. The second kappa shape index (κ2) is 7.25. The third-order valence-electron chi connectivity index (χ3n) is 5.66. The van der Waals surface area contributed by atoms with Crippen LogP contribution in [0.15, 0.2) is 53.7 Å². The summed E-state index contributed by atoms with van der Waals surface area (Å²) in [5.41, 5.74) is 1.27. The van der Waals surface area contributed by atoms with E-state index in [1.807, 2.05) is 35.9 Å². The standard InChI is InChI=1S/C21H21N7O2/c1-25-17-6-3-2-5-15(17)16-13-24-28(20(30)19(16)25)14-18(29)26-9-11-27(12-10-26)21-22-7-4-8-23-21/h2-8,13H,9-12,14H2,1H3. The minimum absolute atomic E-state index is 0.0713. The highest BCUT2D eigenvalue weighted by atomic mass is 16.2. The molecule has 0 atom stereocenters.